The first-order valence-corrected chi connectivity index (χ1v) is 3.91. The van der Waals surface area contributed by atoms with Crippen molar-refractivity contribution in [2.24, 2.45) is 0 Å². The van der Waals surface area contributed by atoms with E-state index in [4.69, 9.17) is 4.42 Å². The van der Waals surface area contributed by atoms with Crippen molar-refractivity contribution in [3.05, 3.63) is 16.8 Å². The number of thiazole rings is 1. The van der Waals surface area contributed by atoms with Crippen LogP contribution in [0.15, 0.2) is 10.5 Å². The van der Waals surface area contributed by atoms with Crippen LogP contribution < -0.4 is 0 Å². The van der Waals surface area contributed by atoms with Gasteiger partial charge in [0, 0.05) is 0 Å². The third kappa shape index (κ3) is 0.743. The number of aryl methyl sites for hydroxylation is 2. The van der Waals surface area contributed by atoms with Crippen molar-refractivity contribution in [1.29, 1.82) is 0 Å². The highest BCUT2D eigenvalue weighted by Crippen LogP contribution is 2.24. The molecule has 0 aromatic carbocycles. The summed E-state index contributed by atoms with van der Waals surface area (Å²) in [7, 11) is 0. The maximum absolute atomic E-state index is 5.29. The predicted octanol–water partition coefficient (Wildman–Crippen LogP) is 2.51. The van der Waals surface area contributed by atoms with Crippen LogP contribution in [0.3, 0.4) is 0 Å². The second-order valence-electron chi connectivity index (χ2n) is 2.26. The van der Waals surface area contributed by atoms with Crippen LogP contribution in [0.5, 0.6) is 0 Å². The summed E-state index contributed by atoms with van der Waals surface area (Å²) in [5.41, 5.74) is 0.778. The van der Waals surface area contributed by atoms with E-state index in [0.29, 0.717) is 0 Å². The van der Waals surface area contributed by atoms with Crippen molar-refractivity contribution in [3.8, 4) is 0 Å². The van der Waals surface area contributed by atoms with E-state index in [1.807, 2.05) is 19.9 Å². The summed E-state index contributed by atoms with van der Waals surface area (Å²) in [5.74, 6) is 0.939. The highest BCUT2D eigenvalue weighted by atomic mass is 32.1. The van der Waals surface area contributed by atoms with E-state index in [1.165, 1.54) is 0 Å². The molecule has 0 radical (unpaired) electrons. The lowest BCUT2D eigenvalue weighted by Crippen LogP contribution is -1.63. The monoisotopic (exact) mass is 153 g/mol. The molecule has 10 heavy (non-hydrogen) atoms. The predicted molar refractivity (Wildman–Crippen MR) is 41.4 cm³/mol. The Morgan fingerprint density at radius 2 is 2.30 bits per heavy atom. The molecule has 2 heterocycles. The molecule has 2 aromatic rings. The lowest BCUT2D eigenvalue weighted by atomic mass is 10.5. The molecule has 0 aliphatic rings. The van der Waals surface area contributed by atoms with Crippen LogP contribution in [-0.2, 0) is 0 Å². The molecule has 2 nitrogen and oxygen atoms in total. The summed E-state index contributed by atoms with van der Waals surface area (Å²) in [6.45, 7) is 3.92. The Morgan fingerprint density at radius 3 is 3.00 bits per heavy atom. The van der Waals surface area contributed by atoms with Gasteiger partial charge in [-0.05, 0) is 19.9 Å². The summed E-state index contributed by atoms with van der Waals surface area (Å²) >= 11 is 1.67. The first-order valence-electron chi connectivity index (χ1n) is 3.09. The van der Waals surface area contributed by atoms with Gasteiger partial charge in [0.05, 0.1) is 9.71 Å². The highest BCUT2D eigenvalue weighted by molar-refractivity contribution is 7.18. The van der Waals surface area contributed by atoms with Crippen molar-refractivity contribution < 1.29 is 4.42 Å². The minimum atomic E-state index is 0.778. The normalized spacial score (nSPS) is 11.0. The minimum absolute atomic E-state index is 0.778. The molecule has 0 N–H and O–H groups in total. The largest absolute Gasteiger partial charge is 0.442 e. The van der Waals surface area contributed by atoms with Crippen LogP contribution in [-0.4, -0.2) is 4.98 Å². The first kappa shape index (κ1) is 5.92. The third-order valence-corrected chi connectivity index (χ3v) is 2.22. The second-order valence-corrected chi connectivity index (χ2v) is 3.49. The molecular formula is C7H7NOS. The molecule has 0 aliphatic heterocycles. The van der Waals surface area contributed by atoms with Crippen molar-refractivity contribution in [1.82, 2.24) is 4.98 Å². The lowest BCUT2D eigenvalue weighted by molar-refractivity contribution is 0.568. The topological polar surface area (TPSA) is 26.0 Å². The van der Waals surface area contributed by atoms with Crippen LogP contribution in [0.25, 0.3) is 10.4 Å². The zero-order valence-corrected chi connectivity index (χ0v) is 6.66. The molecule has 0 fully saturated rings. The molecule has 52 valence electrons. The summed E-state index contributed by atoms with van der Waals surface area (Å²) in [4.78, 5) is 4.19. The molecule has 0 saturated heterocycles. The molecular weight excluding hydrogens is 146 g/mol. The van der Waals surface area contributed by atoms with Gasteiger partial charge in [-0.3, -0.25) is 0 Å². The van der Waals surface area contributed by atoms with Crippen molar-refractivity contribution in [2.75, 3.05) is 0 Å². The first-order chi connectivity index (χ1) is 4.75. The number of rotatable bonds is 0. The van der Waals surface area contributed by atoms with Crippen LogP contribution in [0.1, 0.15) is 10.8 Å². The third-order valence-electron chi connectivity index (χ3n) is 1.32. The van der Waals surface area contributed by atoms with Crippen molar-refractivity contribution in [3.63, 3.8) is 0 Å². The van der Waals surface area contributed by atoms with Gasteiger partial charge in [0.1, 0.15) is 5.76 Å². The average molecular weight is 153 g/mol. The van der Waals surface area contributed by atoms with Gasteiger partial charge in [0.25, 0.3) is 0 Å². The summed E-state index contributed by atoms with van der Waals surface area (Å²) in [5, 5.41) is 1.06. The lowest BCUT2D eigenvalue weighted by Gasteiger charge is -1.76. The SMILES string of the molecule is Cc1cc2sc(C)nc2o1. The number of furan rings is 1. The number of hydrogen-bond acceptors (Lipinski definition) is 3. The molecule has 3 heteroatoms. The zero-order valence-electron chi connectivity index (χ0n) is 5.84. The van der Waals surface area contributed by atoms with E-state index in [1.54, 1.807) is 11.3 Å². The Bertz CT molecular complexity index is 297. The van der Waals surface area contributed by atoms with Gasteiger partial charge in [0.2, 0.25) is 5.71 Å². The second kappa shape index (κ2) is 1.83. The summed E-state index contributed by atoms with van der Waals surface area (Å²) in [6.07, 6.45) is 0. The van der Waals surface area contributed by atoms with Crippen LogP contribution in [0.4, 0.5) is 0 Å². The molecule has 2 aromatic heterocycles. The molecule has 0 unspecified atom stereocenters. The van der Waals surface area contributed by atoms with Gasteiger partial charge < -0.3 is 4.42 Å². The maximum atomic E-state index is 5.29. The standard InChI is InChI=1S/C7H7NOS/c1-4-3-6-7(9-4)8-5(2)10-6/h3H,1-2H3. The highest BCUT2D eigenvalue weighted by Gasteiger charge is 2.03. The number of fused-ring (bicyclic) bond motifs is 1. The van der Waals surface area contributed by atoms with Gasteiger partial charge in [-0.15, -0.1) is 11.3 Å². The quantitative estimate of drug-likeness (QED) is 0.581. The van der Waals surface area contributed by atoms with E-state index < -0.39 is 0 Å². The Balaban J connectivity index is 2.83. The fourth-order valence-corrected chi connectivity index (χ4v) is 1.80. The number of aromatic nitrogens is 1. The summed E-state index contributed by atoms with van der Waals surface area (Å²) < 4.78 is 6.44. The van der Waals surface area contributed by atoms with Crippen molar-refractivity contribution in [2.45, 2.75) is 13.8 Å². The number of nitrogens with zero attached hydrogens (tertiary/aromatic N) is 1. The molecule has 0 atom stereocenters. The van der Waals surface area contributed by atoms with E-state index in [2.05, 4.69) is 4.98 Å². The smallest absolute Gasteiger partial charge is 0.237 e. The Morgan fingerprint density at radius 1 is 1.50 bits per heavy atom. The Hall–Kier alpha value is -0.830. The van der Waals surface area contributed by atoms with E-state index in [0.717, 1.165) is 21.2 Å². The van der Waals surface area contributed by atoms with Crippen LogP contribution in [0, 0.1) is 13.8 Å². The Labute approximate surface area is 62.5 Å². The fourth-order valence-electron chi connectivity index (χ4n) is 0.955. The van der Waals surface area contributed by atoms with Gasteiger partial charge >= 0.3 is 0 Å². The molecule has 0 saturated carbocycles. The van der Waals surface area contributed by atoms with Crippen molar-refractivity contribution >= 4 is 21.8 Å². The van der Waals surface area contributed by atoms with Crippen LogP contribution >= 0.6 is 11.3 Å². The van der Waals surface area contributed by atoms with Gasteiger partial charge in [-0.2, -0.15) is 0 Å². The van der Waals surface area contributed by atoms with Gasteiger partial charge in [-0.1, -0.05) is 0 Å². The molecule has 0 bridgehead atoms. The molecule has 0 spiro atoms. The fraction of sp³-hybridized carbons (Fsp3) is 0.286. The molecule has 2 rings (SSSR count). The maximum Gasteiger partial charge on any atom is 0.237 e. The van der Waals surface area contributed by atoms with Gasteiger partial charge in [-0.25, -0.2) is 4.98 Å². The average Bonchev–Trinajstić information content (AvgIpc) is 2.21. The minimum Gasteiger partial charge on any atom is -0.442 e. The molecule has 0 amide bonds. The van der Waals surface area contributed by atoms with Crippen LogP contribution in [0.2, 0.25) is 0 Å². The van der Waals surface area contributed by atoms with Gasteiger partial charge in [0.15, 0.2) is 0 Å². The number of hydrogen-bond donors (Lipinski definition) is 0. The van der Waals surface area contributed by atoms with E-state index in [9.17, 15) is 0 Å². The van der Waals surface area contributed by atoms with E-state index >= 15 is 0 Å². The molecule has 0 aliphatic carbocycles. The Kier molecular flexibility index (Phi) is 1.08. The summed E-state index contributed by atoms with van der Waals surface area (Å²) in [6, 6.07) is 2.01. The zero-order chi connectivity index (χ0) is 7.14. The van der Waals surface area contributed by atoms with E-state index in [-0.39, 0.29) is 0 Å².